The van der Waals surface area contributed by atoms with E-state index in [1.807, 2.05) is 0 Å². The zero-order valence-corrected chi connectivity index (χ0v) is 12.4. The first-order valence-electron chi connectivity index (χ1n) is 7.04. The second-order valence-corrected chi connectivity index (χ2v) is 5.67. The third-order valence-corrected chi connectivity index (χ3v) is 3.85. The Morgan fingerprint density at radius 3 is 2.90 bits per heavy atom. The van der Waals surface area contributed by atoms with Crippen LogP contribution in [0.4, 0.5) is 4.39 Å². The van der Waals surface area contributed by atoms with Crippen molar-refractivity contribution in [1.29, 1.82) is 0 Å². The fourth-order valence-electron chi connectivity index (χ4n) is 2.62. The summed E-state index contributed by atoms with van der Waals surface area (Å²) in [5.41, 5.74) is 1.32. The summed E-state index contributed by atoms with van der Waals surface area (Å²) < 4.78 is 13.6. The van der Waals surface area contributed by atoms with E-state index in [1.54, 1.807) is 12.1 Å². The molecule has 1 fully saturated rings. The third-order valence-electron chi connectivity index (χ3n) is 3.85. The predicted octanol–water partition coefficient (Wildman–Crippen LogP) is 2.06. The van der Waals surface area contributed by atoms with Crippen LogP contribution >= 0.6 is 0 Å². The van der Waals surface area contributed by atoms with Gasteiger partial charge in [0.15, 0.2) is 0 Å². The number of hydrogen-bond donors (Lipinski definition) is 1. The molecule has 0 aliphatic carbocycles. The molecule has 1 aliphatic heterocycles. The standard InChI is InChI=1S/C16H21FN2O2/c1-18(2)14-7-8-19(11-14)10-12-3-5-15(17)13(9-12)4-6-16(20)21/h3-6,9,14H,7-8,10-11H2,1-2H3,(H,20,21). The normalized spacial score (nSPS) is 19.7. The Hall–Kier alpha value is -1.72. The highest BCUT2D eigenvalue weighted by molar-refractivity contribution is 5.85. The summed E-state index contributed by atoms with van der Waals surface area (Å²) in [6.07, 6.45) is 3.40. The summed E-state index contributed by atoms with van der Waals surface area (Å²) in [7, 11) is 4.17. The van der Waals surface area contributed by atoms with E-state index in [0.717, 1.165) is 37.7 Å². The van der Waals surface area contributed by atoms with Crippen molar-refractivity contribution in [2.45, 2.75) is 19.0 Å². The van der Waals surface area contributed by atoms with Gasteiger partial charge in [-0.2, -0.15) is 0 Å². The lowest BCUT2D eigenvalue weighted by atomic mass is 10.1. The van der Waals surface area contributed by atoms with Gasteiger partial charge in [0.05, 0.1) is 0 Å². The zero-order valence-electron chi connectivity index (χ0n) is 12.4. The van der Waals surface area contributed by atoms with Crippen molar-refractivity contribution in [2.24, 2.45) is 0 Å². The van der Waals surface area contributed by atoms with Crippen LogP contribution in [0.2, 0.25) is 0 Å². The number of nitrogens with zero attached hydrogens (tertiary/aromatic N) is 2. The van der Waals surface area contributed by atoms with Crippen LogP contribution < -0.4 is 0 Å². The molecule has 0 aromatic heterocycles. The highest BCUT2D eigenvalue weighted by Gasteiger charge is 2.23. The molecule has 21 heavy (non-hydrogen) atoms. The van der Waals surface area contributed by atoms with Gasteiger partial charge in [-0.15, -0.1) is 0 Å². The molecule has 2 rings (SSSR count). The van der Waals surface area contributed by atoms with Crippen LogP contribution in [0.15, 0.2) is 24.3 Å². The topological polar surface area (TPSA) is 43.8 Å². The van der Waals surface area contributed by atoms with Crippen LogP contribution in [0.25, 0.3) is 6.08 Å². The van der Waals surface area contributed by atoms with Gasteiger partial charge in [0.1, 0.15) is 5.82 Å². The summed E-state index contributed by atoms with van der Waals surface area (Å²) >= 11 is 0. The molecule has 1 N–H and O–H groups in total. The molecule has 1 aliphatic rings. The first-order chi connectivity index (χ1) is 9.95. The molecule has 1 unspecified atom stereocenters. The number of carboxylic acids is 1. The summed E-state index contributed by atoms with van der Waals surface area (Å²) in [6, 6.07) is 5.45. The van der Waals surface area contributed by atoms with E-state index >= 15 is 0 Å². The number of halogens is 1. The maximum Gasteiger partial charge on any atom is 0.328 e. The number of aliphatic carboxylic acids is 1. The van der Waals surface area contributed by atoms with Gasteiger partial charge >= 0.3 is 5.97 Å². The van der Waals surface area contributed by atoms with Gasteiger partial charge in [-0.3, -0.25) is 4.90 Å². The van der Waals surface area contributed by atoms with Crippen molar-refractivity contribution >= 4 is 12.0 Å². The first kappa shape index (κ1) is 15.7. The second-order valence-electron chi connectivity index (χ2n) is 5.67. The second kappa shape index (κ2) is 6.83. The monoisotopic (exact) mass is 292 g/mol. The van der Waals surface area contributed by atoms with Gasteiger partial charge in [-0.05, 0) is 44.3 Å². The molecule has 1 aromatic carbocycles. The highest BCUT2D eigenvalue weighted by Crippen LogP contribution is 2.18. The van der Waals surface area contributed by atoms with Crippen molar-refractivity contribution in [2.75, 3.05) is 27.2 Å². The molecule has 1 saturated heterocycles. The van der Waals surface area contributed by atoms with Gasteiger partial charge in [-0.25, -0.2) is 9.18 Å². The summed E-state index contributed by atoms with van der Waals surface area (Å²) in [4.78, 5) is 15.1. The average Bonchev–Trinajstić information content (AvgIpc) is 2.88. The lowest BCUT2D eigenvalue weighted by Crippen LogP contribution is -2.31. The number of likely N-dealkylation sites (tertiary alicyclic amines) is 1. The number of benzene rings is 1. The van der Waals surface area contributed by atoms with Crippen molar-refractivity contribution in [3.8, 4) is 0 Å². The minimum absolute atomic E-state index is 0.318. The molecule has 1 heterocycles. The van der Waals surface area contributed by atoms with Gasteiger partial charge in [0.2, 0.25) is 0 Å². The molecule has 0 amide bonds. The maximum absolute atomic E-state index is 13.6. The Kier molecular flexibility index (Phi) is 5.09. The van der Waals surface area contributed by atoms with Gasteiger partial charge < -0.3 is 10.0 Å². The molecule has 1 aromatic rings. The summed E-state index contributed by atoms with van der Waals surface area (Å²) in [5.74, 6) is -1.47. The van der Waals surface area contributed by atoms with E-state index in [-0.39, 0.29) is 0 Å². The largest absolute Gasteiger partial charge is 0.478 e. The fourth-order valence-corrected chi connectivity index (χ4v) is 2.62. The van der Waals surface area contributed by atoms with E-state index in [2.05, 4.69) is 23.9 Å². The van der Waals surface area contributed by atoms with Crippen molar-refractivity contribution in [3.63, 3.8) is 0 Å². The first-order valence-corrected chi connectivity index (χ1v) is 7.04. The van der Waals surface area contributed by atoms with Gasteiger partial charge in [0, 0.05) is 37.3 Å². The third kappa shape index (κ3) is 4.37. The molecule has 0 spiro atoms. The molecule has 0 bridgehead atoms. The Bertz CT molecular complexity index is 543. The molecule has 4 nitrogen and oxygen atoms in total. The number of carboxylic acid groups (broad SMARTS) is 1. The Labute approximate surface area is 124 Å². The summed E-state index contributed by atoms with van der Waals surface area (Å²) in [5, 5.41) is 8.62. The van der Waals surface area contributed by atoms with Crippen molar-refractivity contribution < 1.29 is 14.3 Å². The molecular formula is C16H21FN2O2. The van der Waals surface area contributed by atoms with E-state index in [0.29, 0.717) is 11.6 Å². The molecule has 0 saturated carbocycles. The molecular weight excluding hydrogens is 271 g/mol. The van der Waals surface area contributed by atoms with E-state index < -0.39 is 11.8 Å². The SMILES string of the molecule is CN(C)C1CCN(Cc2ccc(F)c(C=CC(=O)O)c2)C1. The van der Waals surface area contributed by atoms with Crippen molar-refractivity contribution in [3.05, 3.63) is 41.2 Å². The van der Waals surface area contributed by atoms with E-state index in [4.69, 9.17) is 5.11 Å². The number of rotatable bonds is 5. The van der Waals surface area contributed by atoms with Crippen LogP contribution in [0.5, 0.6) is 0 Å². The van der Waals surface area contributed by atoms with Crippen molar-refractivity contribution in [1.82, 2.24) is 9.80 Å². The smallest absolute Gasteiger partial charge is 0.328 e. The maximum atomic E-state index is 13.6. The van der Waals surface area contributed by atoms with Crippen LogP contribution in [0.1, 0.15) is 17.5 Å². The minimum Gasteiger partial charge on any atom is -0.478 e. The number of carbonyl (C=O) groups is 1. The van der Waals surface area contributed by atoms with Crippen LogP contribution in [0.3, 0.4) is 0 Å². The molecule has 0 radical (unpaired) electrons. The lowest BCUT2D eigenvalue weighted by Gasteiger charge is -2.20. The molecule has 114 valence electrons. The Morgan fingerprint density at radius 1 is 1.52 bits per heavy atom. The minimum atomic E-state index is -1.08. The van der Waals surface area contributed by atoms with Crippen LogP contribution in [-0.2, 0) is 11.3 Å². The van der Waals surface area contributed by atoms with E-state index in [1.165, 1.54) is 12.1 Å². The Morgan fingerprint density at radius 2 is 2.29 bits per heavy atom. The van der Waals surface area contributed by atoms with Gasteiger partial charge in [-0.1, -0.05) is 6.07 Å². The quantitative estimate of drug-likeness (QED) is 0.844. The molecule has 1 atom stereocenters. The predicted molar refractivity (Wildman–Crippen MR) is 80.4 cm³/mol. The average molecular weight is 292 g/mol. The van der Waals surface area contributed by atoms with E-state index in [9.17, 15) is 9.18 Å². The van der Waals surface area contributed by atoms with Crippen LogP contribution in [-0.4, -0.2) is 54.1 Å². The molecule has 5 heteroatoms. The van der Waals surface area contributed by atoms with Crippen LogP contribution in [0, 0.1) is 5.82 Å². The lowest BCUT2D eigenvalue weighted by molar-refractivity contribution is -0.131. The number of likely N-dealkylation sites (N-methyl/N-ethyl adjacent to an activating group) is 1. The fraction of sp³-hybridized carbons (Fsp3) is 0.438. The van der Waals surface area contributed by atoms with Gasteiger partial charge in [0.25, 0.3) is 0 Å². The number of hydrogen-bond acceptors (Lipinski definition) is 3. The summed E-state index contributed by atoms with van der Waals surface area (Å²) in [6.45, 7) is 2.80. The highest BCUT2D eigenvalue weighted by atomic mass is 19.1. The zero-order chi connectivity index (χ0) is 15.4. The Balaban J connectivity index is 2.04.